The number of likely N-dealkylation sites (N-methyl/N-ethyl adjacent to an activating group) is 1. The lowest BCUT2D eigenvalue weighted by molar-refractivity contribution is 0.351. The van der Waals surface area contributed by atoms with Crippen LogP contribution in [0.2, 0.25) is 5.02 Å². The molecule has 0 saturated heterocycles. The van der Waals surface area contributed by atoms with Gasteiger partial charge in [-0.1, -0.05) is 11.6 Å². The Morgan fingerprint density at radius 3 is 2.63 bits per heavy atom. The van der Waals surface area contributed by atoms with E-state index < -0.39 is 11.6 Å². The molecular formula is C22H21ClF2N2. The van der Waals surface area contributed by atoms with Crippen molar-refractivity contribution in [3.8, 4) is 0 Å². The average molecular weight is 387 g/mol. The molecule has 1 aliphatic heterocycles. The predicted octanol–water partition coefficient (Wildman–Crippen LogP) is 5.62. The highest BCUT2D eigenvalue weighted by atomic mass is 35.5. The Kier molecular flexibility index (Phi) is 4.79. The Hall–Kier alpha value is -2.17. The fourth-order valence-corrected chi connectivity index (χ4v) is 4.06. The number of hydrogen-bond acceptors (Lipinski definition) is 1. The lowest BCUT2D eigenvalue weighted by Crippen LogP contribution is -2.21. The van der Waals surface area contributed by atoms with Crippen molar-refractivity contribution in [2.45, 2.75) is 19.8 Å². The highest BCUT2D eigenvalue weighted by molar-refractivity contribution is 6.31. The van der Waals surface area contributed by atoms with Crippen LogP contribution in [0.1, 0.15) is 23.7 Å². The van der Waals surface area contributed by atoms with E-state index in [4.69, 9.17) is 11.6 Å². The summed E-state index contributed by atoms with van der Waals surface area (Å²) in [7, 11) is 2.13. The molecule has 3 aromatic rings. The monoisotopic (exact) mass is 386 g/mol. The molecule has 0 amide bonds. The molecule has 0 unspecified atom stereocenters. The third-order valence-electron chi connectivity index (χ3n) is 5.33. The first-order valence-corrected chi connectivity index (χ1v) is 9.45. The third-order valence-corrected chi connectivity index (χ3v) is 5.57. The maximum absolute atomic E-state index is 14.2. The van der Waals surface area contributed by atoms with E-state index in [2.05, 4.69) is 16.5 Å². The second-order valence-electron chi connectivity index (χ2n) is 7.20. The molecule has 2 heterocycles. The van der Waals surface area contributed by atoms with Crippen LogP contribution in [-0.2, 0) is 12.8 Å². The molecule has 0 saturated carbocycles. The second-order valence-corrected chi connectivity index (χ2v) is 7.63. The summed E-state index contributed by atoms with van der Waals surface area (Å²) in [6.07, 6.45) is 3.82. The van der Waals surface area contributed by atoms with E-state index in [0.29, 0.717) is 10.6 Å². The van der Waals surface area contributed by atoms with Gasteiger partial charge in [-0.2, -0.15) is 0 Å². The van der Waals surface area contributed by atoms with Gasteiger partial charge < -0.3 is 9.47 Å². The number of aromatic nitrogens is 1. The summed E-state index contributed by atoms with van der Waals surface area (Å²) in [6.45, 7) is 3.82. The molecule has 2 aromatic carbocycles. The molecule has 1 aliphatic rings. The minimum atomic E-state index is -0.568. The topological polar surface area (TPSA) is 8.17 Å². The van der Waals surface area contributed by atoms with E-state index >= 15 is 0 Å². The van der Waals surface area contributed by atoms with Crippen molar-refractivity contribution < 1.29 is 8.78 Å². The Morgan fingerprint density at radius 1 is 1.07 bits per heavy atom. The Bertz CT molecular complexity index is 1050. The number of fused-ring (bicyclic) bond motifs is 3. The van der Waals surface area contributed by atoms with Crippen molar-refractivity contribution >= 4 is 34.3 Å². The summed E-state index contributed by atoms with van der Waals surface area (Å²) >= 11 is 6.26. The van der Waals surface area contributed by atoms with Crippen LogP contribution in [0.15, 0.2) is 36.4 Å². The summed E-state index contributed by atoms with van der Waals surface area (Å²) in [6, 6.07) is 9.62. The van der Waals surface area contributed by atoms with Gasteiger partial charge in [-0.15, -0.1) is 0 Å². The minimum absolute atomic E-state index is 0.409. The standard InChI is InChI=1S/C22H21ClF2N2/c1-14(17-5-4-16(24)12-20(17)25)13-27-21-6-3-15(23)11-19(21)18-7-9-26(2)10-8-22(18)27/h3-6,11-13H,7-10H2,1-2H3/b14-13+. The van der Waals surface area contributed by atoms with E-state index in [-0.39, 0.29) is 0 Å². The SMILES string of the molecule is C/C(=C\n1c2c(c3cc(Cl)ccc31)CCN(C)CC2)c1ccc(F)cc1F. The normalized spacial score (nSPS) is 15.8. The van der Waals surface area contributed by atoms with Crippen molar-refractivity contribution in [1.82, 2.24) is 9.47 Å². The molecule has 2 nitrogen and oxygen atoms in total. The van der Waals surface area contributed by atoms with Crippen molar-refractivity contribution in [2.24, 2.45) is 0 Å². The number of allylic oxidation sites excluding steroid dienone is 1. The Balaban J connectivity index is 1.90. The minimum Gasteiger partial charge on any atom is -0.320 e. The van der Waals surface area contributed by atoms with Crippen molar-refractivity contribution in [3.05, 3.63) is 69.9 Å². The van der Waals surface area contributed by atoms with Gasteiger partial charge in [0.25, 0.3) is 0 Å². The molecular weight excluding hydrogens is 366 g/mol. The first-order chi connectivity index (χ1) is 12.9. The molecule has 0 aliphatic carbocycles. The molecule has 0 bridgehead atoms. The van der Waals surface area contributed by atoms with Crippen molar-refractivity contribution in [1.29, 1.82) is 0 Å². The van der Waals surface area contributed by atoms with Gasteiger partial charge in [0.2, 0.25) is 0 Å². The molecule has 0 spiro atoms. The zero-order valence-electron chi connectivity index (χ0n) is 15.4. The van der Waals surface area contributed by atoms with E-state index in [0.717, 1.165) is 48.5 Å². The number of hydrogen-bond donors (Lipinski definition) is 0. The molecule has 4 rings (SSSR count). The molecule has 0 fully saturated rings. The molecule has 1 aromatic heterocycles. The average Bonchev–Trinajstić information content (AvgIpc) is 2.75. The zero-order valence-corrected chi connectivity index (χ0v) is 16.2. The quantitative estimate of drug-likeness (QED) is 0.554. The molecule has 0 N–H and O–H groups in total. The molecule has 5 heteroatoms. The molecule has 27 heavy (non-hydrogen) atoms. The number of halogens is 3. The van der Waals surface area contributed by atoms with E-state index in [1.165, 1.54) is 23.4 Å². The van der Waals surface area contributed by atoms with Gasteiger partial charge >= 0.3 is 0 Å². The smallest absolute Gasteiger partial charge is 0.133 e. The largest absolute Gasteiger partial charge is 0.320 e. The van der Waals surface area contributed by atoms with Gasteiger partial charge in [0.1, 0.15) is 11.6 Å². The maximum Gasteiger partial charge on any atom is 0.133 e. The Labute approximate surface area is 162 Å². The summed E-state index contributed by atoms with van der Waals surface area (Å²) < 4.78 is 29.6. The fourth-order valence-electron chi connectivity index (χ4n) is 3.89. The molecule has 140 valence electrons. The summed E-state index contributed by atoms with van der Waals surface area (Å²) in [5.41, 5.74) is 4.77. The fraction of sp³-hybridized carbons (Fsp3) is 0.273. The highest BCUT2D eigenvalue weighted by Gasteiger charge is 2.20. The van der Waals surface area contributed by atoms with Gasteiger partial charge in [-0.3, -0.25) is 0 Å². The third kappa shape index (κ3) is 3.40. The van der Waals surface area contributed by atoms with Crippen molar-refractivity contribution in [2.75, 3.05) is 20.1 Å². The maximum atomic E-state index is 14.2. The second kappa shape index (κ2) is 7.10. The van der Waals surface area contributed by atoms with Crippen LogP contribution < -0.4 is 0 Å². The van der Waals surface area contributed by atoms with Crippen LogP contribution in [0.5, 0.6) is 0 Å². The highest BCUT2D eigenvalue weighted by Crippen LogP contribution is 2.33. The lowest BCUT2D eigenvalue weighted by Gasteiger charge is -2.13. The first-order valence-electron chi connectivity index (χ1n) is 9.07. The summed E-state index contributed by atoms with van der Waals surface area (Å²) in [5, 5.41) is 1.86. The number of benzene rings is 2. The predicted molar refractivity (Wildman–Crippen MR) is 108 cm³/mol. The van der Waals surface area contributed by atoms with Crippen LogP contribution in [0, 0.1) is 11.6 Å². The molecule has 0 atom stereocenters. The van der Waals surface area contributed by atoms with Gasteiger partial charge in [0.15, 0.2) is 0 Å². The Morgan fingerprint density at radius 2 is 1.85 bits per heavy atom. The van der Waals surface area contributed by atoms with Crippen LogP contribution in [0.3, 0.4) is 0 Å². The lowest BCUT2D eigenvalue weighted by atomic mass is 10.1. The first kappa shape index (κ1) is 18.2. The van der Waals surface area contributed by atoms with E-state index in [9.17, 15) is 8.78 Å². The summed E-state index contributed by atoms with van der Waals surface area (Å²) in [4.78, 5) is 2.32. The van der Waals surface area contributed by atoms with Gasteiger partial charge in [0, 0.05) is 53.4 Å². The van der Waals surface area contributed by atoms with Gasteiger partial charge in [-0.25, -0.2) is 8.78 Å². The van der Waals surface area contributed by atoms with Gasteiger partial charge in [-0.05, 0) is 61.9 Å². The van der Waals surface area contributed by atoms with Crippen LogP contribution >= 0.6 is 11.6 Å². The van der Waals surface area contributed by atoms with Crippen LogP contribution in [-0.4, -0.2) is 29.6 Å². The zero-order chi connectivity index (χ0) is 19.1. The van der Waals surface area contributed by atoms with Crippen LogP contribution in [0.25, 0.3) is 22.7 Å². The van der Waals surface area contributed by atoms with E-state index in [1.807, 2.05) is 31.3 Å². The van der Waals surface area contributed by atoms with Crippen molar-refractivity contribution in [3.63, 3.8) is 0 Å². The summed E-state index contributed by atoms with van der Waals surface area (Å²) in [5.74, 6) is -1.11. The number of rotatable bonds is 2. The van der Waals surface area contributed by atoms with E-state index in [1.54, 1.807) is 0 Å². The van der Waals surface area contributed by atoms with Gasteiger partial charge in [0.05, 0.1) is 5.52 Å². The van der Waals surface area contributed by atoms with Crippen LogP contribution in [0.4, 0.5) is 8.78 Å². The molecule has 0 radical (unpaired) electrons. The number of nitrogens with zero attached hydrogens (tertiary/aromatic N) is 2.